The molecule has 0 amide bonds. The lowest BCUT2D eigenvalue weighted by Crippen LogP contribution is -2.30. The van der Waals surface area contributed by atoms with Gasteiger partial charge in [-0.15, -0.1) is 0 Å². The fourth-order valence-corrected chi connectivity index (χ4v) is 15.6. The number of phosphoric ester groups is 2. The first-order valence-electron chi connectivity index (χ1n) is 46.1. The molecule has 0 rings (SSSR count). The molecule has 3 N–H and O–H groups in total. The highest BCUT2D eigenvalue weighted by atomic mass is 31.2. The summed E-state index contributed by atoms with van der Waals surface area (Å²) in [4.78, 5) is 73.4. The molecule has 0 bridgehead atoms. The summed E-state index contributed by atoms with van der Waals surface area (Å²) in [7, 11) is -9.93. The van der Waals surface area contributed by atoms with Gasteiger partial charge in [-0.25, -0.2) is 9.13 Å². The number of ether oxygens (including phenoxy) is 4. The maximum absolute atomic E-state index is 13.2. The normalized spacial score (nSPS) is 13.7. The fourth-order valence-electron chi connectivity index (χ4n) is 14.0. The molecule has 2 unspecified atom stereocenters. The van der Waals surface area contributed by atoms with Crippen molar-refractivity contribution in [1.82, 2.24) is 0 Å². The molecule has 0 aliphatic rings. The van der Waals surface area contributed by atoms with E-state index in [0.717, 1.165) is 95.8 Å². The van der Waals surface area contributed by atoms with Crippen molar-refractivity contribution in [3.63, 3.8) is 0 Å². The molecular weight excluding hydrogens is 1400 g/mol. The maximum atomic E-state index is 13.2. The molecule has 0 radical (unpaired) electrons. The molecule has 0 fully saturated rings. The second-order valence-electron chi connectivity index (χ2n) is 32.5. The van der Waals surface area contributed by atoms with Gasteiger partial charge in [0.1, 0.15) is 19.3 Å². The van der Waals surface area contributed by atoms with Crippen molar-refractivity contribution in [3.05, 3.63) is 0 Å². The number of aliphatic hydroxyl groups is 1. The highest BCUT2D eigenvalue weighted by Crippen LogP contribution is 2.45. The van der Waals surface area contributed by atoms with Crippen molar-refractivity contribution in [3.8, 4) is 0 Å². The Balaban J connectivity index is 5.24. The Kier molecular flexibility index (Phi) is 80.2. The average molecular weight is 1580 g/mol. The molecule has 0 aromatic carbocycles. The van der Waals surface area contributed by atoms with Gasteiger partial charge in [0, 0.05) is 25.7 Å². The zero-order valence-electron chi connectivity index (χ0n) is 71.0. The van der Waals surface area contributed by atoms with Crippen LogP contribution < -0.4 is 0 Å². The monoisotopic (exact) mass is 1580 g/mol. The number of aliphatic hydroxyl groups excluding tert-OH is 1. The Morgan fingerprint density at radius 2 is 0.426 bits per heavy atom. The molecule has 0 aromatic heterocycles. The lowest BCUT2D eigenvalue weighted by Gasteiger charge is -2.21. The van der Waals surface area contributed by atoms with Crippen LogP contribution in [0.25, 0.3) is 0 Å². The minimum atomic E-state index is -4.97. The molecule has 0 saturated heterocycles. The highest BCUT2D eigenvalue weighted by molar-refractivity contribution is 7.47. The fraction of sp³-hybridized carbons (Fsp3) is 0.955. The first-order valence-corrected chi connectivity index (χ1v) is 49.1. The molecule has 108 heavy (non-hydrogen) atoms. The van der Waals surface area contributed by atoms with E-state index in [1.165, 1.54) is 308 Å². The Hall–Kier alpha value is -1.94. The van der Waals surface area contributed by atoms with Gasteiger partial charge < -0.3 is 33.8 Å². The van der Waals surface area contributed by atoms with Crippen LogP contribution in [-0.2, 0) is 65.4 Å². The van der Waals surface area contributed by atoms with Crippen LogP contribution in [0.15, 0.2) is 0 Å². The predicted molar refractivity (Wildman–Crippen MR) is 446 cm³/mol. The van der Waals surface area contributed by atoms with E-state index < -0.39 is 97.5 Å². The molecule has 17 nitrogen and oxygen atoms in total. The number of hydrogen-bond donors (Lipinski definition) is 3. The molecule has 0 aliphatic carbocycles. The first-order chi connectivity index (χ1) is 52.5. The van der Waals surface area contributed by atoms with E-state index in [1.807, 2.05) is 0 Å². The Bertz CT molecular complexity index is 2050. The number of unbranched alkanes of at least 4 members (excludes halogenated alkanes) is 61. The van der Waals surface area contributed by atoms with Crippen LogP contribution in [0.3, 0.4) is 0 Å². The number of carbonyl (C=O) groups excluding carboxylic acids is 4. The molecule has 0 aromatic rings. The molecule has 0 aliphatic heterocycles. The van der Waals surface area contributed by atoms with Crippen LogP contribution in [-0.4, -0.2) is 96.7 Å². The zero-order valence-corrected chi connectivity index (χ0v) is 72.8. The summed E-state index contributed by atoms with van der Waals surface area (Å²) in [5, 5.41) is 10.7. The van der Waals surface area contributed by atoms with Gasteiger partial charge >= 0.3 is 39.5 Å². The quantitative estimate of drug-likeness (QED) is 0.0222. The number of rotatable bonds is 89. The van der Waals surface area contributed by atoms with Crippen molar-refractivity contribution in [1.29, 1.82) is 0 Å². The molecule has 0 spiro atoms. The Morgan fingerprint density at radius 3 is 0.630 bits per heavy atom. The van der Waals surface area contributed by atoms with Gasteiger partial charge in [-0.05, 0) is 31.6 Å². The zero-order chi connectivity index (χ0) is 79.0. The lowest BCUT2D eigenvalue weighted by atomic mass is 10.0. The Morgan fingerprint density at radius 1 is 0.250 bits per heavy atom. The van der Waals surface area contributed by atoms with Gasteiger partial charge in [-0.1, -0.05) is 433 Å². The summed E-state index contributed by atoms with van der Waals surface area (Å²) in [5.74, 6) is -1.27. The summed E-state index contributed by atoms with van der Waals surface area (Å²) >= 11 is 0. The van der Waals surface area contributed by atoms with E-state index >= 15 is 0 Å². The van der Waals surface area contributed by atoms with Gasteiger partial charge in [-0.3, -0.25) is 37.3 Å². The minimum absolute atomic E-state index is 0.109. The van der Waals surface area contributed by atoms with E-state index in [-0.39, 0.29) is 25.7 Å². The topological polar surface area (TPSA) is 237 Å². The molecule has 0 saturated carbocycles. The number of esters is 4. The van der Waals surface area contributed by atoms with Crippen LogP contribution in [0.2, 0.25) is 0 Å². The van der Waals surface area contributed by atoms with E-state index in [1.54, 1.807) is 0 Å². The standard InChI is InChI=1S/C89H174O17P2/c1-6-9-12-15-18-21-24-27-29-30-31-32-36-39-44-48-53-58-63-68-73-87(92)100-79-85(106-89(94)75-70-65-60-55-50-45-40-37-34-33-35-38-42-46-51-56-61-66-71-82(4)5)81-104-108(97,98)102-77-83(90)76-101-107(95,96)103-80-84(78-99-86(91)72-67-62-57-52-47-41-26-23-20-17-14-11-8-3)105-88(93)74-69-64-59-54-49-43-28-25-22-19-16-13-10-7-2/h82-85,90H,6-81H2,1-5H3,(H,95,96)(H,97,98)/t83-,84+,85+/m0/s1. The smallest absolute Gasteiger partial charge is 0.462 e. The summed E-state index contributed by atoms with van der Waals surface area (Å²) in [6.45, 7) is 7.43. The van der Waals surface area contributed by atoms with Crippen LogP contribution >= 0.6 is 15.6 Å². The molecule has 19 heteroatoms. The Labute approximate surface area is 664 Å². The largest absolute Gasteiger partial charge is 0.472 e. The van der Waals surface area contributed by atoms with Crippen molar-refractivity contribution in [2.75, 3.05) is 39.6 Å². The van der Waals surface area contributed by atoms with Gasteiger partial charge in [0.25, 0.3) is 0 Å². The van der Waals surface area contributed by atoms with Crippen LogP contribution in [0.1, 0.15) is 484 Å². The summed E-state index contributed by atoms with van der Waals surface area (Å²) in [6, 6.07) is 0. The molecule has 642 valence electrons. The summed E-state index contributed by atoms with van der Waals surface area (Å²) in [5.41, 5.74) is 0. The average Bonchev–Trinajstić information content (AvgIpc) is 0.900. The SMILES string of the molecule is CCCCCCCCCCCCCCCCCCCCCCC(=O)OC[C@H](COP(=O)(O)OC[C@@H](O)COP(=O)(O)OC[C@@H](COC(=O)CCCCCCCCCCCCCCC)OC(=O)CCCCCCCCCCCCCCCC)OC(=O)CCCCCCCCCCCCCCCCCCCCC(C)C. The first kappa shape index (κ1) is 106. The second-order valence-corrected chi connectivity index (χ2v) is 35.4. The van der Waals surface area contributed by atoms with Crippen LogP contribution in [0.4, 0.5) is 0 Å². The summed E-state index contributed by atoms with van der Waals surface area (Å²) < 4.78 is 69.0. The van der Waals surface area contributed by atoms with E-state index in [0.29, 0.717) is 25.7 Å². The molecular formula is C89H174O17P2. The third-order valence-electron chi connectivity index (χ3n) is 21.0. The predicted octanol–water partition coefficient (Wildman–Crippen LogP) is 27.5. The molecule has 5 atom stereocenters. The molecule has 0 heterocycles. The van der Waals surface area contributed by atoms with Crippen molar-refractivity contribution in [2.45, 2.75) is 502 Å². The van der Waals surface area contributed by atoms with Crippen molar-refractivity contribution >= 4 is 39.5 Å². The highest BCUT2D eigenvalue weighted by Gasteiger charge is 2.30. The van der Waals surface area contributed by atoms with Crippen molar-refractivity contribution < 1.29 is 80.2 Å². The third kappa shape index (κ3) is 82.1. The van der Waals surface area contributed by atoms with Crippen molar-refractivity contribution in [2.24, 2.45) is 5.92 Å². The summed E-state index contributed by atoms with van der Waals surface area (Å²) in [6.07, 6.45) is 76.3. The van der Waals surface area contributed by atoms with Gasteiger partial charge in [0.2, 0.25) is 0 Å². The third-order valence-corrected chi connectivity index (χ3v) is 22.9. The number of hydrogen-bond acceptors (Lipinski definition) is 15. The second kappa shape index (κ2) is 81.6. The van der Waals surface area contributed by atoms with Gasteiger partial charge in [0.15, 0.2) is 12.2 Å². The van der Waals surface area contributed by atoms with Crippen LogP contribution in [0, 0.1) is 5.92 Å². The number of phosphoric acid groups is 2. The van der Waals surface area contributed by atoms with Crippen LogP contribution in [0.5, 0.6) is 0 Å². The van der Waals surface area contributed by atoms with E-state index in [9.17, 15) is 43.2 Å². The minimum Gasteiger partial charge on any atom is -0.462 e. The van der Waals surface area contributed by atoms with E-state index in [4.69, 9.17) is 37.0 Å². The lowest BCUT2D eigenvalue weighted by molar-refractivity contribution is -0.161. The van der Waals surface area contributed by atoms with Gasteiger partial charge in [-0.2, -0.15) is 0 Å². The maximum Gasteiger partial charge on any atom is 0.472 e. The van der Waals surface area contributed by atoms with E-state index in [2.05, 4.69) is 34.6 Å². The number of carbonyl (C=O) groups is 4. The van der Waals surface area contributed by atoms with Gasteiger partial charge in [0.05, 0.1) is 26.4 Å².